The Kier molecular flexibility index (Phi) is 55.2. The molecule has 65 heavy (non-hydrogen) atoms. The Bertz CT molecular complexity index is 1030. The zero-order valence-electron chi connectivity index (χ0n) is 44.0. The molecule has 0 aliphatic rings. The summed E-state index contributed by atoms with van der Waals surface area (Å²) in [6.07, 6.45) is 78.6. The summed E-state index contributed by atoms with van der Waals surface area (Å²) in [7, 11) is 0. The Morgan fingerprint density at radius 1 is 0.354 bits per heavy atom. The molecule has 0 radical (unpaired) electrons. The number of aliphatic hydroxyl groups excluding tert-OH is 2. The third-order valence-corrected chi connectivity index (χ3v) is 13.5. The molecule has 0 aliphatic carbocycles. The van der Waals surface area contributed by atoms with Gasteiger partial charge in [0.2, 0.25) is 5.91 Å². The second-order valence-electron chi connectivity index (χ2n) is 20.0. The number of hydrogen-bond donors (Lipinski definition) is 3. The molecule has 0 heterocycles. The predicted molar refractivity (Wildman–Crippen MR) is 290 cm³/mol. The molecular formula is C61H115NO3. The standard InChI is InChI=1S/C61H115NO3/c1-3-5-7-9-11-13-15-17-19-21-23-25-27-29-31-33-35-37-39-41-43-45-47-49-51-53-55-57-61(65)62-59(58-63)60(64)56-54-52-50-48-46-44-42-40-38-36-34-32-30-28-26-24-22-20-18-16-14-12-10-8-6-4-2/h21,23,38,40,46,48,54,56,59-60,63-64H,3-20,22,24-37,39,41-45,47,49-53,55,57-58H2,1-2H3,(H,62,65)/b23-21-,40-38+,48-46+,56-54+. The van der Waals surface area contributed by atoms with Crippen LogP contribution in [-0.2, 0) is 4.79 Å². The molecule has 0 aromatic rings. The average Bonchev–Trinajstić information content (AvgIpc) is 3.31. The number of rotatable bonds is 54. The van der Waals surface area contributed by atoms with Crippen LogP contribution in [0, 0.1) is 0 Å². The van der Waals surface area contributed by atoms with E-state index in [0.29, 0.717) is 6.42 Å². The van der Waals surface area contributed by atoms with Crippen LogP contribution in [-0.4, -0.2) is 34.9 Å². The summed E-state index contributed by atoms with van der Waals surface area (Å²) >= 11 is 0. The topological polar surface area (TPSA) is 69.6 Å². The third-order valence-electron chi connectivity index (χ3n) is 13.5. The highest BCUT2D eigenvalue weighted by Gasteiger charge is 2.18. The molecule has 0 spiro atoms. The van der Waals surface area contributed by atoms with E-state index in [4.69, 9.17) is 0 Å². The maximum atomic E-state index is 12.5. The van der Waals surface area contributed by atoms with Crippen LogP contribution in [0.5, 0.6) is 0 Å². The number of carbonyl (C=O) groups excluding carboxylic acids is 1. The van der Waals surface area contributed by atoms with Crippen LogP contribution in [0.25, 0.3) is 0 Å². The first kappa shape index (κ1) is 63.4. The molecule has 4 nitrogen and oxygen atoms in total. The lowest BCUT2D eigenvalue weighted by atomic mass is 10.0. The zero-order chi connectivity index (χ0) is 47.0. The number of nitrogens with one attached hydrogen (secondary N) is 1. The monoisotopic (exact) mass is 910 g/mol. The Morgan fingerprint density at radius 3 is 0.892 bits per heavy atom. The van der Waals surface area contributed by atoms with E-state index < -0.39 is 12.1 Å². The van der Waals surface area contributed by atoms with Crippen molar-refractivity contribution in [3.63, 3.8) is 0 Å². The van der Waals surface area contributed by atoms with E-state index in [1.54, 1.807) is 6.08 Å². The minimum Gasteiger partial charge on any atom is -0.394 e. The first-order valence-electron chi connectivity index (χ1n) is 29.4. The number of hydrogen-bond acceptors (Lipinski definition) is 3. The predicted octanol–water partition coefficient (Wildman–Crippen LogP) is 19.4. The molecule has 2 atom stereocenters. The summed E-state index contributed by atoms with van der Waals surface area (Å²) in [6.45, 7) is 4.32. The van der Waals surface area contributed by atoms with Gasteiger partial charge in [0, 0.05) is 6.42 Å². The SMILES string of the molecule is CCCCCCCCCC/C=C\CCCCCCCCCCCCCCCCCC(=O)NC(CO)C(O)/C=C/CC/C=C/CC/C=C/CCCCCCCCCCCCCCCCCC. The second-order valence-corrected chi connectivity index (χ2v) is 20.0. The summed E-state index contributed by atoms with van der Waals surface area (Å²) in [4.78, 5) is 12.5. The van der Waals surface area contributed by atoms with E-state index in [1.165, 1.54) is 257 Å². The van der Waals surface area contributed by atoms with Gasteiger partial charge in [0.25, 0.3) is 0 Å². The van der Waals surface area contributed by atoms with Crippen LogP contribution in [0.15, 0.2) is 48.6 Å². The molecule has 0 rings (SSSR count). The van der Waals surface area contributed by atoms with Gasteiger partial charge in [-0.05, 0) is 70.6 Å². The lowest BCUT2D eigenvalue weighted by Gasteiger charge is -2.19. The molecule has 0 saturated carbocycles. The molecule has 0 aromatic heterocycles. The normalized spacial score (nSPS) is 13.1. The average molecular weight is 911 g/mol. The summed E-state index contributed by atoms with van der Waals surface area (Å²) in [5.41, 5.74) is 0. The molecule has 1 amide bonds. The van der Waals surface area contributed by atoms with Crippen molar-refractivity contribution in [2.45, 2.75) is 328 Å². The highest BCUT2D eigenvalue weighted by Crippen LogP contribution is 2.17. The fraction of sp³-hybridized carbons (Fsp3) is 0.852. The fourth-order valence-electron chi connectivity index (χ4n) is 9.03. The molecule has 382 valence electrons. The highest BCUT2D eigenvalue weighted by atomic mass is 16.3. The van der Waals surface area contributed by atoms with Crippen molar-refractivity contribution < 1.29 is 15.0 Å². The van der Waals surface area contributed by atoms with Crippen molar-refractivity contribution in [3.8, 4) is 0 Å². The molecule has 0 aromatic carbocycles. The van der Waals surface area contributed by atoms with Crippen LogP contribution in [0.1, 0.15) is 316 Å². The minimum absolute atomic E-state index is 0.0738. The van der Waals surface area contributed by atoms with Crippen molar-refractivity contribution in [2.24, 2.45) is 0 Å². The van der Waals surface area contributed by atoms with Crippen molar-refractivity contribution in [3.05, 3.63) is 48.6 Å². The molecule has 4 heteroatoms. The van der Waals surface area contributed by atoms with Crippen molar-refractivity contribution in [1.82, 2.24) is 5.32 Å². The van der Waals surface area contributed by atoms with Gasteiger partial charge in [-0.2, -0.15) is 0 Å². The highest BCUT2D eigenvalue weighted by molar-refractivity contribution is 5.76. The molecule has 0 bridgehead atoms. The molecule has 2 unspecified atom stereocenters. The smallest absolute Gasteiger partial charge is 0.220 e. The van der Waals surface area contributed by atoms with Crippen molar-refractivity contribution >= 4 is 5.91 Å². The summed E-state index contributed by atoms with van der Waals surface area (Å²) in [6, 6.07) is -0.646. The zero-order valence-corrected chi connectivity index (χ0v) is 44.0. The Labute approximate surface area is 407 Å². The third kappa shape index (κ3) is 53.2. The van der Waals surface area contributed by atoms with Gasteiger partial charge in [-0.15, -0.1) is 0 Å². The molecule has 3 N–H and O–H groups in total. The molecule has 0 saturated heterocycles. The maximum Gasteiger partial charge on any atom is 0.220 e. The van der Waals surface area contributed by atoms with Gasteiger partial charge in [0.1, 0.15) is 0 Å². The van der Waals surface area contributed by atoms with Gasteiger partial charge in [-0.3, -0.25) is 4.79 Å². The van der Waals surface area contributed by atoms with Gasteiger partial charge < -0.3 is 15.5 Å². The van der Waals surface area contributed by atoms with E-state index in [2.05, 4.69) is 55.6 Å². The number of amides is 1. The van der Waals surface area contributed by atoms with Crippen LogP contribution >= 0.6 is 0 Å². The number of carbonyl (C=O) groups is 1. The maximum absolute atomic E-state index is 12.5. The quantitative estimate of drug-likeness (QED) is 0.0421. The van der Waals surface area contributed by atoms with E-state index in [9.17, 15) is 15.0 Å². The summed E-state index contributed by atoms with van der Waals surface area (Å²) in [5.74, 6) is -0.0738. The van der Waals surface area contributed by atoms with E-state index in [0.717, 1.165) is 38.5 Å². The van der Waals surface area contributed by atoms with Crippen LogP contribution in [0.3, 0.4) is 0 Å². The van der Waals surface area contributed by atoms with E-state index in [-0.39, 0.29) is 12.5 Å². The first-order valence-corrected chi connectivity index (χ1v) is 29.4. The molecule has 0 aliphatic heterocycles. The van der Waals surface area contributed by atoms with Crippen molar-refractivity contribution in [2.75, 3.05) is 6.61 Å². The van der Waals surface area contributed by atoms with Gasteiger partial charge >= 0.3 is 0 Å². The van der Waals surface area contributed by atoms with Gasteiger partial charge in [0.15, 0.2) is 0 Å². The van der Waals surface area contributed by atoms with Crippen LogP contribution in [0.2, 0.25) is 0 Å². The Hall–Kier alpha value is -1.65. The lowest BCUT2D eigenvalue weighted by molar-refractivity contribution is -0.123. The number of unbranched alkanes of at least 4 members (excludes halogenated alkanes) is 41. The number of aliphatic hydroxyl groups is 2. The van der Waals surface area contributed by atoms with E-state index >= 15 is 0 Å². The van der Waals surface area contributed by atoms with E-state index in [1.807, 2.05) is 6.08 Å². The molecule has 0 fully saturated rings. The lowest BCUT2D eigenvalue weighted by Crippen LogP contribution is -2.45. The summed E-state index contributed by atoms with van der Waals surface area (Å²) in [5, 5.41) is 23.2. The minimum atomic E-state index is -0.871. The Balaban J connectivity index is 3.53. The van der Waals surface area contributed by atoms with Gasteiger partial charge in [-0.1, -0.05) is 287 Å². The van der Waals surface area contributed by atoms with Gasteiger partial charge in [-0.25, -0.2) is 0 Å². The number of allylic oxidation sites excluding steroid dienone is 7. The molecular weight excluding hydrogens is 795 g/mol. The van der Waals surface area contributed by atoms with Crippen LogP contribution in [0.4, 0.5) is 0 Å². The largest absolute Gasteiger partial charge is 0.394 e. The Morgan fingerprint density at radius 2 is 0.600 bits per heavy atom. The van der Waals surface area contributed by atoms with Crippen molar-refractivity contribution in [1.29, 1.82) is 0 Å². The second kappa shape index (κ2) is 56.7. The summed E-state index contributed by atoms with van der Waals surface area (Å²) < 4.78 is 0. The fourth-order valence-corrected chi connectivity index (χ4v) is 9.03. The first-order chi connectivity index (χ1) is 32.2. The van der Waals surface area contributed by atoms with Gasteiger partial charge in [0.05, 0.1) is 18.8 Å². The van der Waals surface area contributed by atoms with Crippen LogP contribution < -0.4 is 5.32 Å².